The molecule has 1 N–H and O–H groups in total. The fourth-order valence-corrected chi connectivity index (χ4v) is 2.62. The first-order chi connectivity index (χ1) is 8.81. The van der Waals surface area contributed by atoms with Crippen molar-refractivity contribution in [3.05, 3.63) is 24.0 Å². The molecule has 0 amide bonds. The molecule has 2 fully saturated rings. The van der Waals surface area contributed by atoms with Crippen LogP contribution in [0.15, 0.2) is 18.5 Å². The Kier molecular flexibility index (Phi) is 3.20. The Morgan fingerprint density at radius 3 is 2.61 bits per heavy atom. The Hall–Kier alpha value is -1.17. The van der Waals surface area contributed by atoms with Crippen molar-refractivity contribution in [2.75, 3.05) is 31.2 Å². The number of pyridine rings is 1. The molecular weight excluding hydrogens is 232 g/mol. The lowest BCUT2D eigenvalue weighted by atomic mass is 10.0. The number of aliphatic hydroxyl groups excluding tert-OH is 1. The molecular formula is C13H18N2O3. The summed E-state index contributed by atoms with van der Waals surface area (Å²) in [7, 11) is 0. The highest BCUT2D eigenvalue weighted by atomic mass is 16.7. The van der Waals surface area contributed by atoms with Crippen molar-refractivity contribution in [2.24, 2.45) is 0 Å². The lowest BCUT2D eigenvalue weighted by Gasteiger charge is -2.38. The van der Waals surface area contributed by atoms with Crippen molar-refractivity contribution in [3.8, 4) is 0 Å². The summed E-state index contributed by atoms with van der Waals surface area (Å²) in [5.74, 6) is -0.335. The van der Waals surface area contributed by atoms with Gasteiger partial charge < -0.3 is 19.5 Å². The van der Waals surface area contributed by atoms with Gasteiger partial charge in [0.15, 0.2) is 5.79 Å². The standard InChI is InChI=1S/C13H18N2O3/c16-10-11-7-12(9-14-8-11)15-3-1-13(2-4-15)17-5-6-18-13/h7-9,16H,1-6,10H2. The average molecular weight is 250 g/mol. The van der Waals surface area contributed by atoms with Crippen molar-refractivity contribution in [1.82, 2.24) is 4.98 Å². The Morgan fingerprint density at radius 2 is 1.94 bits per heavy atom. The van der Waals surface area contributed by atoms with Gasteiger partial charge in [0.25, 0.3) is 0 Å². The molecule has 3 rings (SSSR count). The van der Waals surface area contributed by atoms with E-state index in [4.69, 9.17) is 14.6 Å². The van der Waals surface area contributed by atoms with Gasteiger partial charge in [-0.2, -0.15) is 0 Å². The van der Waals surface area contributed by atoms with Gasteiger partial charge in [-0.3, -0.25) is 4.98 Å². The van der Waals surface area contributed by atoms with Crippen LogP contribution in [0.4, 0.5) is 5.69 Å². The van der Waals surface area contributed by atoms with E-state index in [1.165, 1.54) is 0 Å². The third-order valence-electron chi connectivity index (χ3n) is 3.67. The molecule has 1 aromatic rings. The van der Waals surface area contributed by atoms with Crippen molar-refractivity contribution in [1.29, 1.82) is 0 Å². The summed E-state index contributed by atoms with van der Waals surface area (Å²) in [6.07, 6.45) is 5.30. The monoisotopic (exact) mass is 250 g/mol. The molecule has 0 aromatic carbocycles. The number of hydrogen-bond donors (Lipinski definition) is 1. The topological polar surface area (TPSA) is 54.8 Å². The predicted molar refractivity (Wildman–Crippen MR) is 66.2 cm³/mol. The van der Waals surface area contributed by atoms with Crippen LogP contribution >= 0.6 is 0 Å². The molecule has 2 aliphatic rings. The van der Waals surface area contributed by atoms with Crippen molar-refractivity contribution in [3.63, 3.8) is 0 Å². The molecule has 2 saturated heterocycles. The average Bonchev–Trinajstić information content (AvgIpc) is 2.88. The van der Waals surface area contributed by atoms with E-state index in [0.717, 1.165) is 37.2 Å². The number of aliphatic hydroxyl groups is 1. The first-order valence-electron chi connectivity index (χ1n) is 6.39. The van der Waals surface area contributed by atoms with Crippen LogP contribution in [0.25, 0.3) is 0 Å². The molecule has 0 bridgehead atoms. The van der Waals surface area contributed by atoms with Gasteiger partial charge in [0.2, 0.25) is 0 Å². The van der Waals surface area contributed by atoms with Gasteiger partial charge in [-0.15, -0.1) is 0 Å². The Bertz CT molecular complexity index is 408. The van der Waals surface area contributed by atoms with Gasteiger partial charge in [0.1, 0.15) is 0 Å². The highest BCUT2D eigenvalue weighted by molar-refractivity contribution is 5.46. The minimum atomic E-state index is -0.335. The van der Waals surface area contributed by atoms with E-state index in [1.54, 1.807) is 6.20 Å². The number of nitrogens with zero attached hydrogens (tertiary/aromatic N) is 2. The van der Waals surface area contributed by atoms with Crippen LogP contribution in [-0.2, 0) is 16.1 Å². The summed E-state index contributed by atoms with van der Waals surface area (Å²) >= 11 is 0. The van der Waals surface area contributed by atoms with Crippen LogP contribution in [0.3, 0.4) is 0 Å². The fourth-order valence-electron chi connectivity index (χ4n) is 2.62. The zero-order valence-electron chi connectivity index (χ0n) is 10.3. The molecule has 0 aliphatic carbocycles. The largest absolute Gasteiger partial charge is 0.392 e. The third-order valence-corrected chi connectivity index (χ3v) is 3.67. The molecule has 98 valence electrons. The molecule has 0 saturated carbocycles. The van der Waals surface area contributed by atoms with Crippen molar-refractivity contribution in [2.45, 2.75) is 25.2 Å². The smallest absolute Gasteiger partial charge is 0.171 e. The maximum Gasteiger partial charge on any atom is 0.171 e. The summed E-state index contributed by atoms with van der Waals surface area (Å²) in [6.45, 7) is 3.25. The van der Waals surface area contributed by atoms with Crippen molar-refractivity contribution < 1.29 is 14.6 Å². The number of rotatable bonds is 2. The van der Waals surface area contributed by atoms with Crippen LogP contribution in [-0.4, -0.2) is 42.2 Å². The summed E-state index contributed by atoms with van der Waals surface area (Å²) in [4.78, 5) is 6.42. The first-order valence-corrected chi connectivity index (χ1v) is 6.39. The first kappa shape index (κ1) is 11.9. The minimum absolute atomic E-state index is 0.0326. The van der Waals surface area contributed by atoms with E-state index in [9.17, 15) is 0 Å². The SMILES string of the molecule is OCc1cncc(N2CCC3(CC2)OCCO3)c1. The molecule has 1 spiro atoms. The highest BCUT2D eigenvalue weighted by Gasteiger charge is 2.39. The fraction of sp³-hybridized carbons (Fsp3) is 0.615. The predicted octanol–water partition coefficient (Wildman–Crippen LogP) is 0.917. The third kappa shape index (κ3) is 2.21. The maximum absolute atomic E-state index is 9.13. The van der Waals surface area contributed by atoms with Crippen LogP contribution in [0.2, 0.25) is 0 Å². The molecule has 1 aromatic heterocycles. The van der Waals surface area contributed by atoms with E-state index in [2.05, 4.69) is 9.88 Å². The summed E-state index contributed by atoms with van der Waals surface area (Å²) in [5.41, 5.74) is 1.91. The lowest BCUT2D eigenvalue weighted by Crippen LogP contribution is -2.45. The van der Waals surface area contributed by atoms with Crippen LogP contribution in [0.5, 0.6) is 0 Å². The molecule has 2 aliphatic heterocycles. The van der Waals surface area contributed by atoms with E-state index in [-0.39, 0.29) is 12.4 Å². The van der Waals surface area contributed by atoms with E-state index in [0.29, 0.717) is 13.2 Å². The maximum atomic E-state index is 9.13. The van der Waals surface area contributed by atoms with E-state index in [1.807, 2.05) is 12.3 Å². The number of ether oxygens (including phenoxy) is 2. The molecule has 3 heterocycles. The molecule has 18 heavy (non-hydrogen) atoms. The lowest BCUT2D eigenvalue weighted by molar-refractivity contribution is -0.169. The molecule has 0 unspecified atom stereocenters. The summed E-state index contributed by atoms with van der Waals surface area (Å²) in [5, 5.41) is 9.13. The Balaban J connectivity index is 1.68. The van der Waals surface area contributed by atoms with Gasteiger partial charge in [-0.1, -0.05) is 0 Å². The van der Waals surface area contributed by atoms with Gasteiger partial charge in [-0.05, 0) is 11.6 Å². The zero-order chi connectivity index (χ0) is 12.4. The number of piperidine rings is 1. The van der Waals surface area contributed by atoms with Gasteiger partial charge in [0, 0.05) is 32.1 Å². The normalized spacial score (nSPS) is 22.6. The van der Waals surface area contributed by atoms with E-state index < -0.39 is 0 Å². The van der Waals surface area contributed by atoms with Gasteiger partial charge in [0.05, 0.1) is 31.7 Å². The summed E-state index contributed by atoms with van der Waals surface area (Å²) < 4.78 is 11.4. The number of anilines is 1. The Labute approximate surface area is 106 Å². The minimum Gasteiger partial charge on any atom is -0.392 e. The van der Waals surface area contributed by atoms with Gasteiger partial charge in [-0.25, -0.2) is 0 Å². The second-order valence-electron chi connectivity index (χ2n) is 4.80. The molecule has 0 atom stereocenters. The Morgan fingerprint density at radius 1 is 1.22 bits per heavy atom. The molecule has 0 radical (unpaired) electrons. The quantitative estimate of drug-likeness (QED) is 0.845. The van der Waals surface area contributed by atoms with E-state index >= 15 is 0 Å². The highest BCUT2D eigenvalue weighted by Crippen LogP contribution is 2.33. The number of aromatic nitrogens is 1. The second-order valence-corrected chi connectivity index (χ2v) is 4.80. The summed E-state index contributed by atoms with van der Waals surface area (Å²) in [6, 6.07) is 1.99. The van der Waals surface area contributed by atoms with Crippen molar-refractivity contribution >= 4 is 5.69 Å². The number of hydrogen-bond acceptors (Lipinski definition) is 5. The van der Waals surface area contributed by atoms with Crippen LogP contribution < -0.4 is 4.90 Å². The molecule has 5 heteroatoms. The van der Waals surface area contributed by atoms with Crippen LogP contribution in [0, 0.1) is 0 Å². The zero-order valence-corrected chi connectivity index (χ0v) is 10.3. The molecule has 5 nitrogen and oxygen atoms in total. The van der Waals surface area contributed by atoms with Crippen LogP contribution in [0.1, 0.15) is 18.4 Å². The van der Waals surface area contributed by atoms with Gasteiger partial charge >= 0.3 is 0 Å². The second kappa shape index (κ2) is 4.84.